The molecule has 6 nitrogen and oxygen atoms in total. The summed E-state index contributed by atoms with van der Waals surface area (Å²) in [6.45, 7) is 0.673. The van der Waals surface area contributed by atoms with Gasteiger partial charge in [-0.2, -0.15) is 4.98 Å². The lowest BCUT2D eigenvalue weighted by atomic mass is 10.0. The van der Waals surface area contributed by atoms with Crippen molar-refractivity contribution in [2.75, 3.05) is 11.4 Å². The summed E-state index contributed by atoms with van der Waals surface area (Å²) in [5, 5.41) is 1.03. The third-order valence-electron chi connectivity index (χ3n) is 5.22. The SMILES string of the molecule is Fc1ccc2nc(N3CCc4[nH]cnc4[C@@H]3c3cc4ccccc4o3)oc2c1. The highest BCUT2D eigenvalue weighted by molar-refractivity contribution is 5.78. The van der Waals surface area contributed by atoms with Crippen LogP contribution in [0, 0.1) is 5.82 Å². The molecule has 1 N–H and O–H groups in total. The lowest BCUT2D eigenvalue weighted by Gasteiger charge is -2.32. The van der Waals surface area contributed by atoms with E-state index in [1.54, 1.807) is 12.4 Å². The van der Waals surface area contributed by atoms with Crippen LogP contribution in [-0.2, 0) is 6.42 Å². The number of aromatic amines is 1. The molecule has 0 radical (unpaired) electrons. The molecule has 1 aliphatic heterocycles. The van der Waals surface area contributed by atoms with Crippen molar-refractivity contribution in [3.05, 3.63) is 77.8 Å². The summed E-state index contributed by atoms with van der Waals surface area (Å²) in [4.78, 5) is 14.4. The molecular formula is C21H15FN4O2. The molecule has 6 rings (SSSR count). The van der Waals surface area contributed by atoms with Crippen molar-refractivity contribution in [1.29, 1.82) is 0 Å². The van der Waals surface area contributed by atoms with Gasteiger partial charge in [0, 0.05) is 30.1 Å². The third kappa shape index (κ3) is 2.26. The first kappa shape index (κ1) is 15.4. The molecule has 0 fully saturated rings. The van der Waals surface area contributed by atoms with E-state index in [4.69, 9.17) is 8.83 Å². The molecule has 2 aromatic carbocycles. The molecule has 0 amide bonds. The van der Waals surface area contributed by atoms with E-state index in [1.165, 1.54) is 12.1 Å². The number of furan rings is 1. The number of hydrogen-bond acceptors (Lipinski definition) is 5. The van der Waals surface area contributed by atoms with Crippen molar-refractivity contribution in [3.63, 3.8) is 0 Å². The maximum atomic E-state index is 13.6. The molecular weight excluding hydrogens is 359 g/mol. The van der Waals surface area contributed by atoms with Gasteiger partial charge in [0.1, 0.15) is 28.7 Å². The predicted molar refractivity (Wildman–Crippen MR) is 102 cm³/mol. The second kappa shape index (κ2) is 5.69. The minimum absolute atomic E-state index is 0.277. The Bertz CT molecular complexity index is 1290. The second-order valence-electron chi connectivity index (χ2n) is 6.91. The quantitative estimate of drug-likeness (QED) is 0.489. The summed E-state index contributed by atoms with van der Waals surface area (Å²) < 4.78 is 25.6. The molecule has 0 saturated carbocycles. The van der Waals surface area contributed by atoms with Gasteiger partial charge in [-0.3, -0.25) is 0 Å². The minimum atomic E-state index is -0.350. The number of anilines is 1. The molecule has 0 spiro atoms. The van der Waals surface area contributed by atoms with Crippen LogP contribution < -0.4 is 4.90 Å². The Morgan fingerprint density at radius 1 is 1.07 bits per heavy atom. The van der Waals surface area contributed by atoms with Gasteiger partial charge in [0.05, 0.1) is 12.0 Å². The highest BCUT2D eigenvalue weighted by atomic mass is 19.1. The van der Waals surface area contributed by atoms with Crippen molar-refractivity contribution < 1.29 is 13.2 Å². The summed E-state index contributed by atoms with van der Waals surface area (Å²) in [5.74, 6) is 0.417. The number of oxazole rings is 1. The number of hydrogen-bond donors (Lipinski definition) is 1. The molecule has 5 aromatic rings. The molecule has 0 saturated heterocycles. The Hall–Kier alpha value is -3.61. The normalized spacial score (nSPS) is 16.8. The maximum absolute atomic E-state index is 13.6. The molecule has 4 heterocycles. The van der Waals surface area contributed by atoms with Crippen LogP contribution in [0.4, 0.5) is 10.4 Å². The van der Waals surface area contributed by atoms with E-state index < -0.39 is 0 Å². The molecule has 28 heavy (non-hydrogen) atoms. The van der Waals surface area contributed by atoms with E-state index in [0.29, 0.717) is 23.7 Å². The summed E-state index contributed by atoms with van der Waals surface area (Å²) in [6, 6.07) is 14.4. The number of nitrogens with one attached hydrogen (secondary N) is 1. The zero-order valence-electron chi connectivity index (χ0n) is 14.7. The number of imidazole rings is 1. The van der Waals surface area contributed by atoms with Gasteiger partial charge in [-0.05, 0) is 24.3 Å². The topological polar surface area (TPSA) is 71.1 Å². The Kier molecular flexibility index (Phi) is 3.14. The molecule has 0 bridgehead atoms. The first-order valence-electron chi connectivity index (χ1n) is 9.09. The number of H-pyrrole nitrogens is 1. The van der Waals surface area contributed by atoms with Crippen LogP contribution in [0.5, 0.6) is 0 Å². The fraction of sp³-hybridized carbons (Fsp3) is 0.143. The number of benzene rings is 2. The average molecular weight is 374 g/mol. The number of para-hydroxylation sites is 1. The molecule has 1 aliphatic rings. The van der Waals surface area contributed by atoms with Crippen LogP contribution in [0.3, 0.4) is 0 Å². The van der Waals surface area contributed by atoms with Crippen LogP contribution >= 0.6 is 0 Å². The van der Waals surface area contributed by atoms with Crippen LogP contribution in [0.2, 0.25) is 0 Å². The van der Waals surface area contributed by atoms with E-state index in [-0.39, 0.29) is 11.9 Å². The Morgan fingerprint density at radius 3 is 2.93 bits per heavy atom. The van der Waals surface area contributed by atoms with Crippen molar-refractivity contribution in [2.45, 2.75) is 12.5 Å². The smallest absolute Gasteiger partial charge is 0.299 e. The first-order valence-corrected chi connectivity index (χ1v) is 9.09. The van der Waals surface area contributed by atoms with Crippen molar-refractivity contribution in [2.24, 2.45) is 0 Å². The van der Waals surface area contributed by atoms with Crippen molar-refractivity contribution in [1.82, 2.24) is 15.0 Å². The lowest BCUT2D eigenvalue weighted by molar-refractivity contribution is 0.458. The minimum Gasteiger partial charge on any atom is -0.458 e. The zero-order valence-corrected chi connectivity index (χ0v) is 14.7. The summed E-state index contributed by atoms with van der Waals surface area (Å²) in [5.41, 5.74) is 3.82. The zero-order chi connectivity index (χ0) is 18.7. The van der Waals surface area contributed by atoms with Crippen LogP contribution in [0.15, 0.2) is 63.7 Å². The highest BCUT2D eigenvalue weighted by Gasteiger charge is 2.36. The predicted octanol–water partition coefficient (Wildman–Crippen LogP) is 4.59. The molecule has 138 valence electrons. The van der Waals surface area contributed by atoms with Gasteiger partial charge >= 0.3 is 0 Å². The van der Waals surface area contributed by atoms with Gasteiger partial charge in [0.2, 0.25) is 0 Å². The fourth-order valence-electron chi connectivity index (χ4n) is 3.92. The van der Waals surface area contributed by atoms with E-state index in [1.807, 2.05) is 35.2 Å². The van der Waals surface area contributed by atoms with E-state index in [2.05, 4.69) is 15.0 Å². The first-order chi connectivity index (χ1) is 13.8. The standard InChI is InChI=1S/C21H15FN4O2/c22-13-5-6-14-17(10-13)28-21(25-14)26-8-7-15-19(24-11-23-15)20(26)18-9-12-3-1-2-4-16(12)27-18/h1-6,9-11,20H,7-8H2,(H,23,24)/t20-/m0/s1. The van der Waals surface area contributed by atoms with Gasteiger partial charge in [-0.15, -0.1) is 0 Å². The number of aromatic nitrogens is 3. The molecule has 1 atom stereocenters. The number of rotatable bonds is 2. The molecule has 3 aromatic heterocycles. The maximum Gasteiger partial charge on any atom is 0.299 e. The Balaban J connectivity index is 1.52. The monoisotopic (exact) mass is 374 g/mol. The highest BCUT2D eigenvalue weighted by Crippen LogP contribution is 2.39. The van der Waals surface area contributed by atoms with Crippen LogP contribution in [0.1, 0.15) is 23.2 Å². The lowest BCUT2D eigenvalue weighted by Crippen LogP contribution is -2.36. The second-order valence-corrected chi connectivity index (χ2v) is 6.91. The van der Waals surface area contributed by atoms with Crippen LogP contribution in [-0.4, -0.2) is 21.5 Å². The summed E-state index contributed by atoms with van der Waals surface area (Å²) in [6.07, 6.45) is 2.48. The summed E-state index contributed by atoms with van der Waals surface area (Å²) >= 11 is 0. The summed E-state index contributed by atoms with van der Waals surface area (Å²) in [7, 11) is 0. The number of halogens is 1. The molecule has 0 aliphatic carbocycles. The Morgan fingerprint density at radius 2 is 2.00 bits per heavy atom. The van der Waals surface area contributed by atoms with E-state index in [9.17, 15) is 4.39 Å². The van der Waals surface area contributed by atoms with Crippen molar-refractivity contribution in [3.8, 4) is 0 Å². The van der Waals surface area contributed by atoms with Crippen LogP contribution in [0.25, 0.3) is 22.1 Å². The van der Waals surface area contributed by atoms with Gasteiger partial charge in [-0.25, -0.2) is 9.37 Å². The largest absolute Gasteiger partial charge is 0.458 e. The van der Waals surface area contributed by atoms with Crippen molar-refractivity contribution >= 4 is 28.1 Å². The number of nitrogens with zero attached hydrogens (tertiary/aromatic N) is 3. The van der Waals surface area contributed by atoms with E-state index >= 15 is 0 Å². The molecule has 0 unspecified atom stereocenters. The average Bonchev–Trinajstić information content (AvgIpc) is 3.43. The van der Waals surface area contributed by atoms with Gasteiger partial charge < -0.3 is 18.7 Å². The van der Waals surface area contributed by atoms with Gasteiger partial charge in [-0.1, -0.05) is 18.2 Å². The van der Waals surface area contributed by atoms with Gasteiger partial charge in [0.25, 0.3) is 6.01 Å². The van der Waals surface area contributed by atoms with Gasteiger partial charge in [0.15, 0.2) is 5.58 Å². The third-order valence-corrected chi connectivity index (χ3v) is 5.22. The Labute approximate surface area is 158 Å². The van der Waals surface area contributed by atoms with E-state index in [0.717, 1.165) is 34.5 Å². The fourth-order valence-corrected chi connectivity index (χ4v) is 3.92. The molecule has 7 heteroatoms. The number of fused-ring (bicyclic) bond motifs is 3.